The van der Waals surface area contributed by atoms with Crippen molar-refractivity contribution in [2.24, 2.45) is 0 Å². The molecule has 13 heteroatoms. The SMILES string of the molecule is CCCCCOc1ccc(NC(=S)NC(=O)c2ccc(NC(=O)C(=O)[O-])nc2)cc1C(F)(F)F. The Morgan fingerprint density at radius 3 is 2.44 bits per heavy atom. The maximum absolute atomic E-state index is 13.4. The fourth-order valence-electron chi connectivity index (χ4n) is 2.60. The van der Waals surface area contributed by atoms with Crippen LogP contribution in [0, 0.1) is 0 Å². The quantitative estimate of drug-likeness (QED) is 0.288. The van der Waals surface area contributed by atoms with Gasteiger partial charge in [0.15, 0.2) is 5.11 Å². The van der Waals surface area contributed by atoms with Crippen molar-refractivity contribution in [1.82, 2.24) is 10.3 Å². The summed E-state index contributed by atoms with van der Waals surface area (Å²) >= 11 is 4.99. The molecule has 3 N–H and O–H groups in total. The largest absolute Gasteiger partial charge is 0.540 e. The summed E-state index contributed by atoms with van der Waals surface area (Å²) in [6.07, 6.45) is -1.26. The first-order valence-corrected chi connectivity index (χ1v) is 10.4. The number of benzene rings is 1. The van der Waals surface area contributed by atoms with E-state index in [1.165, 1.54) is 24.3 Å². The maximum Gasteiger partial charge on any atom is 0.420 e. The number of aliphatic carboxylic acids is 1. The van der Waals surface area contributed by atoms with Crippen LogP contribution in [0.4, 0.5) is 24.7 Å². The summed E-state index contributed by atoms with van der Waals surface area (Å²) in [6, 6.07) is 5.72. The minimum atomic E-state index is -4.66. The van der Waals surface area contributed by atoms with Gasteiger partial charge in [0, 0.05) is 11.9 Å². The fraction of sp³-hybridized carbons (Fsp3) is 0.286. The first kappa shape index (κ1) is 26.5. The molecule has 0 aliphatic carbocycles. The number of aromatic nitrogens is 1. The second-order valence-corrected chi connectivity index (χ2v) is 7.25. The fourth-order valence-corrected chi connectivity index (χ4v) is 2.81. The molecule has 0 bridgehead atoms. The number of amides is 2. The number of carboxylic acid groups (broad SMARTS) is 1. The summed E-state index contributed by atoms with van der Waals surface area (Å²) in [7, 11) is 0. The van der Waals surface area contributed by atoms with E-state index < -0.39 is 29.5 Å². The van der Waals surface area contributed by atoms with Crippen LogP contribution in [0.15, 0.2) is 36.5 Å². The molecule has 1 aromatic carbocycles. The van der Waals surface area contributed by atoms with Gasteiger partial charge in [0.1, 0.15) is 17.5 Å². The van der Waals surface area contributed by atoms with Crippen LogP contribution in [-0.2, 0) is 15.8 Å². The van der Waals surface area contributed by atoms with Gasteiger partial charge >= 0.3 is 6.18 Å². The molecular weight excluding hydrogens is 477 g/mol. The Balaban J connectivity index is 2.02. The van der Waals surface area contributed by atoms with Crippen molar-refractivity contribution in [2.45, 2.75) is 32.4 Å². The second-order valence-electron chi connectivity index (χ2n) is 6.85. The molecule has 0 atom stereocenters. The van der Waals surface area contributed by atoms with Crippen molar-refractivity contribution in [3.63, 3.8) is 0 Å². The molecule has 34 heavy (non-hydrogen) atoms. The molecule has 0 unspecified atom stereocenters. The van der Waals surface area contributed by atoms with Crippen molar-refractivity contribution in [3.05, 3.63) is 47.7 Å². The number of nitrogens with one attached hydrogen (secondary N) is 3. The minimum absolute atomic E-state index is 0.0117. The van der Waals surface area contributed by atoms with Gasteiger partial charge < -0.3 is 25.3 Å². The summed E-state index contributed by atoms with van der Waals surface area (Å²) in [5, 5.41) is 16.9. The van der Waals surface area contributed by atoms with Crippen LogP contribution in [0.1, 0.15) is 42.1 Å². The van der Waals surface area contributed by atoms with E-state index in [0.717, 1.165) is 25.1 Å². The zero-order valence-electron chi connectivity index (χ0n) is 17.8. The molecule has 0 aliphatic rings. The van der Waals surface area contributed by atoms with Gasteiger partial charge in [-0.3, -0.25) is 14.9 Å². The van der Waals surface area contributed by atoms with Gasteiger partial charge in [-0.25, -0.2) is 4.98 Å². The Kier molecular flexibility index (Phi) is 9.30. The predicted molar refractivity (Wildman–Crippen MR) is 118 cm³/mol. The number of alkyl halides is 3. The average molecular weight is 497 g/mol. The molecule has 0 fully saturated rings. The van der Waals surface area contributed by atoms with Crippen LogP contribution < -0.4 is 25.8 Å². The Morgan fingerprint density at radius 1 is 1.12 bits per heavy atom. The van der Waals surface area contributed by atoms with Gasteiger partial charge in [-0.15, -0.1) is 0 Å². The van der Waals surface area contributed by atoms with E-state index in [9.17, 15) is 32.7 Å². The van der Waals surface area contributed by atoms with Crippen molar-refractivity contribution < 1.29 is 37.4 Å². The first-order valence-electron chi connectivity index (χ1n) is 9.96. The van der Waals surface area contributed by atoms with E-state index in [-0.39, 0.29) is 34.5 Å². The van der Waals surface area contributed by atoms with Crippen LogP contribution >= 0.6 is 12.2 Å². The number of carboxylic acids is 1. The van der Waals surface area contributed by atoms with Crippen LogP contribution in [0.25, 0.3) is 0 Å². The summed E-state index contributed by atoms with van der Waals surface area (Å²) in [6.45, 7) is 2.12. The zero-order chi connectivity index (χ0) is 25.3. The van der Waals surface area contributed by atoms with E-state index >= 15 is 0 Å². The third-order valence-electron chi connectivity index (χ3n) is 4.23. The predicted octanol–water partition coefficient (Wildman–Crippen LogP) is 2.48. The first-order chi connectivity index (χ1) is 16.0. The van der Waals surface area contributed by atoms with E-state index in [0.29, 0.717) is 6.42 Å². The lowest BCUT2D eigenvalue weighted by Crippen LogP contribution is -2.36. The van der Waals surface area contributed by atoms with Gasteiger partial charge in [0.2, 0.25) is 0 Å². The monoisotopic (exact) mass is 497 g/mol. The molecule has 0 spiro atoms. The highest BCUT2D eigenvalue weighted by molar-refractivity contribution is 7.80. The third-order valence-corrected chi connectivity index (χ3v) is 4.43. The normalized spacial score (nSPS) is 10.8. The number of anilines is 2. The van der Waals surface area contributed by atoms with Gasteiger partial charge in [-0.1, -0.05) is 19.8 Å². The Labute approximate surface area is 197 Å². The number of hydrogen-bond donors (Lipinski definition) is 3. The highest BCUT2D eigenvalue weighted by Gasteiger charge is 2.34. The summed E-state index contributed by atoms with van der Waals surface area (Å²) in [5.74, 6) is -4.55. The Morgan fingerprint density at radius 2 is 1.85 bits per heavy atom. The van der Waals surface area contributed by atoms with Crippen LogP contribution in [0.3, 0.4) is 0 Å². The number of ether oxygens (including phenoxy) is 1. The Bertz CT molecular complexity index is 1060. The summed E-state index contributed by atoms with van der Waals surface area (Å²) < 4.78 is 45.6. The molecule has 1 aromatic heterocycles. The van der Waals surface area contributed by atoms with E-state index in [1.54, 1.807) is 0 Å². The molecule has 2 aromatic rings. The van der Waals surface area contributed by atoms with Gasteiger partial charge in [0.05, 0.1) is 17.7 Å². The van der Waals surface area contributed by atoms with Gasteiger partial charge in [0.25, 0.3) is 11.8 Å². The average Bonchev–Trinajstić information content (AvgIpc) is 2.77. The van der Waals surface area contributed by atoms with E-state index in [4.69, 9.17) is 17.0 Å². The number of unbranched alkanes of at least 4 members (excludes halogenated alkanes) is 2. The number of hydrogen-bond acceptors (Lipinski definition) is 7. The summed E-state index contributed by atoms with van der Waals surface area (Å²) in [5.41, 5.74) is -1.01. The number of rotatable bonds is 8. The third kappa shape index (κ3) is 7.99. The molecular formula is C21H20F3N4O5S-. The molecule has 9 nitrogen and oxygen atoms in total. The van der Waals surface area contributed by atoms with E-state index in [2.05, 4.69) is 15.6 Å². The topological polar surface area (TPSA) is 132 Å². The number of nitrogens with zero attached hydrogens (tertiary/aromatic N) is 1. The highest BCUT2D eigenvalue weighted by Crippen LogP contribution is 2.38. The van der Waals surface area contributed by atoms with Gasteiger partial charge in [-0.2, -0.15) is 13.2 Å². The molecule has 0 saturated heterocycles. The van der Waals surface area contributed by atoms with Crippen LogP contribution in [-0.4, -0.2) is 34.5 Å². The number of carbonyl (C=O) groups excluding carboxylic acids is 3. The molecule has 2 rings (SSSR count). The van der Waals surface area contributed by atoms with Crippen molar-refractivity contribution in [3.8, 4) is 5.75 Å². The molecule has 2 amide bonds. The second kappa shape index (κ2) is 11.9. The van der Waals surface area contributed by atoms with Gasteiger partial charge in [-0.05, 0) is 49.0 Å². The van der Waals surface area contributed by atoms with Crippen molar-refractivity contribution >= 4 is 46.6 Å². The van der Waals surface area contributed by atoms with Crippen LogP contribution in [0.2, 0.25) is 0 Å². The van der Waals surface area contributed by atoms with Crippen LogP contribution in [0.5, 0.6) is 5.75 Å². The van der Waals surface area contributed by atoms with E-state index in [1.807, 2.05) is 12.2 Å². The highest BCUT2D eigenvalue weighted by atomic mass is 32.1. The molecule has 0 aliphatic heterocycles. The van der Waals surface area contributed by atoms with Crippen molar-refractivity contribution in [1.29, 1.82) is 0 Å². The number of pyridine rings is 1. The van der Waals surface area contributed by atoms with Crippen molar-refractivity contribution in [2.75, 3.05) is 17.2 Å². The lowest BCUT2D eigenvalue weighted by molar-refractivity contribution is -0.299. The number of thiocarbonyl (C=S) groups is 1. The molecule has 0 radical (unpaired) electrons. The lowest BCUT2D eigenvalue weighted by atomic mass is 10.1. The Hall–Kier alpha value is -3.74. The zero-order valence-corrected chi connectivity index (χ0v) is 18.6. The summed E-state index contributed by atoms with van der Waals surface area (Å²) in [4.78, 5) is 37.4. The number of carbonyl (C=O) groups is 3. The minimum Gasteiger partial charge on any atom is -0.540 e. The maximum atomic E-state index is 13.4. The lowest BCUT2D eigenvalue weighted by Gasteiger charge is -2.16. The molecule has 0 saturated carbocycles. The smallest absolute Gasteiger partial charge is 0.420 e. The number of halogens is 3. The molecule has 182 valence electrons. The molecule has 1 heterocycles. The standard InChI is InChI=1S/C21H21F3N4O5S/c1-2-3-4-9-33-15-7-6-13(10-14(15)21(22,23)24)26-20(34)28-17(29)12-5-8-16(25-11-12)27-18(30)19(31)32/h5-8,10-11H,2-4,9H2,1H3,(H,31,32)(H,25,27,30)(H2,26,28,29,34)/p-1.